The van der Waals surface area contributed by atoms with Gasteiger partial charge in [0.1, 0.15) is 6.26 Å². The lowest BCUT2D eigenvalue weighted by molar-refractivity contribution is 0.0290. The average Bonchev–Trinajstić information content (AvgIpc) is 2.94. The van der Waals surface area contributed by atoms with E-state index >= 15 is 0 Å². The Labute approximate surface area is 147 Å². The van der Waals surface area contributed by atoms with Crippen LogP contribution in [0.5, 0.6) is 0 Å². The average molecular weight is 345 g/mol. The number of amides is 1. The van der Waals surface area contributed by atoms with Crippen molar-refractivity contribution in [2.24, 2.45) is 5.92 Å². The molecule has 3 fully saturated rings. The molecule has 2 bridgehead atoms. The molecule has 0 aromatic heterocycles. The first kappa shape index (κ1) is 16.0. The number of carbonyl (C=O) groups is 1. The van der Waals surface area contributed by atoms with Gasteiger partial charge in [-0.25, -0.2) is 0 Å². The third kappa shape index (κ3) is 3.77. The Hall–Kier alpha value is -1.50. The highest BCUT2D eigenvalue weighted by Crippen LogP contribution is 2.27. The van der Waals surface area contributed by atoms with Gasteiger partial charge in [0.15, 0.2) is 0 Å². The number of rotatable bonds is 4. The molecule has 1 aromatic rings. The van der Waals surface area contributed by atoms with Crippen molar-refractivity contribution in [3.05, 3.63) is 42.2 Å². The molecule has 0 radical (unpaired) electrons. The standard InChI is InChI=1S/C18H23N3O2S/c22-18(19-16-12-14-6-9-20(13-16)10-7-14)15-2-4-17(5-3-15)24-21-8-1-11-23-21/h1-5,11,14,16H,6-10,12-13H2,(H,19,22). The number of hydrogen-bond acceptors (Lipinski definition) is 5. The number of hydroxylamine groups is 1. The molecule has 128 valence electrons. The Morgan fingerprint density at radius 3 is 2.71 bits per heavy atom. The molecule has 1 N–H and O–H groups in total. The van der Waals surface area contributed by atoms with Crippen molar-refractivity contribution in [1.82, 2.24) is 14.7 Å². The second kappa shape index (κ2) is 7.17. The third-order valence-electron chi connectivity index (χ3n) is 4.99. The zero-order valence-electron chi connectivity index (χ0n) is 13.7. The molecule has 1 unspecified atom stereocenters. The van der Waals surface area contributed by atoms with Gasteiger partial charge in [-0.05, 0) is 80.6 Å². The SMILES string of the molecule is O=C(NC1CC2CCN(CC2)C1)c1ccc(SN2CC=CO2)cc1. The van der Waals surface area contributed by atoms with Crippen molar-refractivity contribution < 1.29 is 9.63 Å². The first-order valence-electron chi connectivity index (χ1n) is 8.67. The Morgan fingerprint density at radius 2 is 2.00 bits per heavy atom. The molecular weight excluding hydrogens is 322 g/mol. The van der Waals surface area contributed by atoms with Crippen LogP contribution in [0, 0.1) is 5.92 Å². The molecule has 6 heteroatoms. The van der Waals surface area contributed by atoms with Crippen LogP contribution in [0.4, 0.5) is 0 Å². The predicted octanol–water partition coefficient (Wildman–Crippen LogP) is 2.67. The summed E-state index contributed by atoms with van der Waals surface area (Å²) < 4.78 is 1.80. The fourth-order valence-corrected chi connectivity index (χ4v) is 4.44. The number of piperidine rings is 1. The molecule has 0 saturated carbocycles. The summed E-state index contributed by atoms with van der Waals surface area (Å²) >= 11 is 1.53. The van der Waals surface area contributed by atoms with Crippen LogP contribution in [0.1, 0.15) is 29.6 Å². The van der Waals surface area contributed by atoms with E-state index in [9.17, 15) is 4.79 Å². The highest BCUT2D eigenvalue weighted by atomic mass is 32.2. The minimum absolute atomic E-state index is 0.0399. The summed E-state index contributed by atoms with van der Waals surface area (Å²) in [6.45, 7) is 4.15. The fraction of sp³-hybridized carbons (Fsp3) is 0.500. The van der Waals surface area contributed by atoms with Gasteiger partial charge >= 0.3 is 0 Å². The molecule has 4 aliphatic heterocycles. The fourth-order valence-electron chi connectivity index (χ4n) is 3.69. The molecule has 5 nitrogen and oxygen atoms in total. The van der Waals surface area contributed by atoms with E-state index < -0.39 is 0 Å². The maximum absolute atomic E-state index is 12.5. The second-order valence-electron chi connectivity index (χ2n) is 6.76. The van der Waals surface area contributed by atoms with Crippen molar-refractivity contribution in [3.8, 4) is 0 Å². The zero-order valence-corrected chi connectivity index (χ0v) is 14.5. The molecule has 0 spiro atoms. The monoisotopic (exact) mass is 345 g/mol. The van der Waals surface area contributed by atoms with Gasteiger partial charge in [0.2, 0.25) is 0 Å². The minimum atomic E-state index is 0.0399. The molecule has 5 rings (SSSR count). The van der Waals surface area contributed by atoms with E-state index in [4.69, 9.17) is 4.84 Å². The Kier molecular flexibility index (Phi) is 4.78. The molecule has 3 saturated heterocycles. The molecule has 0 aliphatic carbocycles. The van der Waals surface area contributed by atoms with Gasteiger partial charge in [-0.3, -0.25) is 4.79 Å². The van der Waals surface area contributed by atoms with Gasteiger partial charge in [-0.2, -0.15) is 0 Å². The van der Waals surface area contributed by atoms with Crippen molar-refractivity contribution >= 4 is 17.9 Å². The molecular formula is C18H23N3O2S. The molecule has 4 heterocycles. The molecule has 1 amide bonds. The highest BCUT2D eigenvalue weighted by molar-refractivity contribution is 7.97. The van der Waals surface area contributed by atoms with Crippen molar-refractivity contribution in [1.29, 1.82) is 0 Å². The van der Waals surface area contributed by atoms with Crippen molar-refractivity contribution in [2.45, 2.75) is 30.2 Å². The lowest BCUT2D eigenvalue weighted by Gasteiger charge is -2.26. The van der Waals surface area contributed by atoms with E-state index in [0.29, 0.717) is 0 Å². The van der Waals surface area contributed by atoms with Crippen molar-refractivity contribution in [3.63, 3.8) is 0 Å². The van der Waals surface area contributed by atoms with Crippen LogP contribution < -0.4 is 5.32 Å². The van der Waals surface area contributed by atoms with E-state index in [0.717, 1.165) is 35.9 Å². The molecule has 1 aromatic carbocycles. The lowest BCUT2D eigenvalue weighted by atomic mass is 9.94. The number of benzene rings is 1. The quantitative estimate of drug-likeness (QED) is 0.850. The number of nitrogens with zero attached hydrogens (tertiary/aromatic N) is 2. The molecule has 4 aliphatic rings. The maximum Gasteiger partial charge on any atom is 0.251 e. The van der Waals surface area contributed by atoms with Crippen LogP contribution in [0.15, 0.2) is 41.5 Å². The molecule has 24 heavy (non-hydrogen) atoms. The number of hydrogen-bond donors (Lipinski definition) is 1. The Balaban J connectivity index is 1.34. The van der Waals surface area contributed by atoms with E-state index in [1.54, 1.807) is 10.7 Å². The van der Waals surface area contributed by atoms with Crippen LogP contribution in [0.25, 0.3) is 0 Å². The summed E-state index contributed by atoms with van der Waals surface area (Å²) in [5, 5.41) is 3.24. The van der Waals surface area contributed by atoms with E-state index in [1.165, 1.54) is 37.9 Å². The van der Waals surface area contributed by atoms with E-state index in [-0.39, 0.29) is 11.9 Å². The number of carbonyl (C=O) groups excluding carboxylic acids is 1. The van der Waals surface area contributed by atoms with Gasteiger partial charge in [0.05, 0.1) is 6.54 Å². The summed E-state index contributed by atoms with van der Waals surface area (Å²) in [6.07, 6.45) is 7.34. The summed E-state index contributed by atoms with van der Waals surface area (Å²) in [4.78, 5) is 21.4. The first-order valence-corrected chi connectivity index (χ1v) is 9.44. The van der Waals surface area contributed by atoms with Gasteiger partial charge in [-0.1, -0.05) is 4.47 Å². The number of fused-ring (bicyclic) bond motifs is 4. The van der Waals surface area contributed by atoms with Crippen LogP contribution in [-0.2, 0) is 4.84 Å². The summed E-state index contributed by atoms with van der Waals surface area (Å²) in [6, 6.07) is 8.02. The largest absolute Gasteiger partial charge is 0.403 e. The Bertz CT molecular complexity index is 589. The lowest BCUT2D eigenvalue weighted by Crippen LogP contribution is -2.41. The predicted molar refractivity (Wildman–Crippen MR) is 94.3 cm³/mol. The van der Waals surface area contributed by atoms with Gasteiger partial charge in [0, 0.05) is 23.0 Å². The smallest absolute Gasteiger partial charge is 0.251 e. The summed E-state index contributed by atoms with van der Waals surface area (Å²) in [5.41, 5.74) is 0.728. The topological polar surface area (TPSA) is 44.8 Å². The number of nitrogens with one attached hydrogen (secondary N) is 1. The van der Waals surface area contributed by atoms with E-state index in [2.05, 4.69) is 10.2 Å². The third-order valence-corrected chi connectivity index (χ3v) is 5.91. The van der Waals surface area contributed by atoms with Gasteiger partial charge in [0.25, 0.3) is 5.91 Å². The zero-order chi connectivity index (χ0) is 16.4. The normalized spacial score (nSPS) is 29.2. The van der Waals surface area contributed by atoms with Gasteiger partial charge in [-0.15, -0.1) is 0 Å². The minimum Gasteiger partial charge on any atom is -0.403 e. The van der Waals surface area contributed by atoms with E-state index in [1.807, 2.05) is 30.3 Å². The van der Waals surface area contributed by atoms with Crippen LogP contribution in [-0.4, -0.2) is 47.5 Å². The second-order valence-corrected chi connectivity index (χ2v) is 7.82. The Morgan fingerprint density at radius 1 is 1.21 bits per heavy atom. The maximum atomic E-state index is 12.5. The van der Waals surface area contributed by atoms with Crippen LogP contribution in [0.2, 0.25) is 0 Å². The van der Waals surface area contributed by atoms with Crippen LogP contribution >= 0.6 is 11.9 Å². The molecule has 1 atom stereocenters. The van der Waals surface area contributed by atoms with Gasteiger partial charge < -0.3 is 15.1 Å². The van der Waals surface area contributed by atoms with Crippen LogP contribution in [0.3, 0.4) is 0 Å². The summed E-state index contributed by atoms with van der Waals surface area (Å²) in [7, 11) is 0. The summed E-state index contributed by atoms with van der Waals surface area (Å²) in [5.74, 6) is 0.819. The van der Waals surface area contributed by atoms with Crippen molar-refractivity contribution in [2.75, 3.05) is 26.2 Å². The highest BCUT2D eigenvalue weighted by Gasteiger charge is 2.29. The first-order chi connectivity index (χ1) is 11.8.